The van der Waals surface area contributed by atoms with Crippen molar-refractivity contribution in [3.8, 4) is 0 Å². The van der Waals surface area contributed by atoms with Crippen LogP contribution in [0.4, 0.5) is 5.69 Å². The van der Waals surface area contributed by atoms with Crippen molar-refractivity contribution in [2.24, 2.45) is 0 Å². The van der Waals surface area contributed by atoms with Gasteiger partial charge in [-0.1, -0.05) is 78.7 Å². The zero-order valence-electron chi connectivity index (χ0n) is 23.6. The van der Waals surface area contributed by atoms with Crippen LogP contribution in [-0.4, -0.2) is 50.0 Å². The lowest BCUT2D eigenvalue weighted by Crippen LogP contribution is -2.52. The van der Waals surface area contributed by atoms with E-state index in [1.807, 2.05) is 50.2 Å². The minimum Gasteiger partial charge on any atom is -0.352 e. The fourth-order valence-electron chi connectivity index (χ4n) is 4.46. The Labute approximate surface area is 253 Å². The van der Waals surface area contributed by atoms with E-state index in [0.717, 1.165) is 23.8 Å². The fraction of sp³-hybridized carbons (Fsp3) is 0.355. The smallest absolute Gasteiger partial charge is 0.243 e. The first-order valence-electron chi connectivity index (χ1n) is 13.6. The summed E-state index contributed by atoms with van der Waals surface area (Å²) >= 11 is 12.3. The molecule has 0 unspecified atom stereocenters. The highest BCUT2D eigenvalue weighted by Crippen LogP contribution is 2.23. The normalized spacial score (nSPS) is 12.8. The Morgan fingerprint density at radius 1 is 0.902 bits per heavy atom. The molecule has 0 radical (unpaired) electrons. The summed E-state index contributed by atoms with van der Waals surface area (Å²) in [4.78, 5) is 29.1. The molecule has 0 aromatic heterocycles. The van der Waals surface area contributed by atoms with E-state index in [9.17, 15) is 18.0 Å². The molecule has 3 rings (SSSR count). The summed E-state index contributed by atoms with van der Waals surface area (Å²) in [5.74, 6) is -0.500. The van der Waals surface area contributed by atoms with Gasteiger partial charge in [0.1, 0.15) is 6.04 Å². The van der Waals surface area contributed by atoms with Gasteiger partial charge in [-0.25, -0.2) is 8.42 Å². The van der Waals surface area contributed by atoms with Crippen LogP contribution >= 0.6 is 23.2 Å². The highest BCUT2D eigenvalue weighted by Gasteiger charge is 2.31. The summed E-state index contributed by atoms with van der Waals surface area (Å²) in [7, 11) is -3.62. The fourth-order valence-corrected chi connectivity index (χ4v) is 5.82. The van der Waals surface area contributed by atoms with E-state index in [0.29, 0.717) is 22.2 Å². The summed E-state index contributed by atoms with van der Waals surface area (Å²) in [6.07, 6.45) is 2.48. The number of carbonyl (C=O) groups is 2. The predicted octanol–water partition coefficient (Wildman–Crippen LogP) is 6.09. The molecule has 0 aliphatic heterocycles. The molecular formula is C31H37Cl2N3O4S. The van der Waals surface area contributed by atoms with Gasteiger partial charge in [0, 0.05) is 42.0 Å². The zero-order valence-corrected chi connectivity index (χ0v) is 25.9. The van der Waals surface area contributed by atoms with E-state index < -0.39 is 16.1 Å². The van der Waals surface area contributed by atoms with Gasteiger partial charge in [-0.05, 0) is 61.2 Å². The molecule has 1 N–H and O–H groups in total. The number of carbonyl (C=O) groups excluding carboxylic acids is 2. The van der Waals surface area contributed by atoms with Crippen molar-refractivity contribution in [3.63, 3.8) is 0 Å². The van der Waals surface area contributed by atoms with Crippen molar-refractivity contribution in [3.05, 3.63) is 100 Å². The van der Waals surface area contributed by atoms with Crippen LogP contribution in [0.3, 0.4) is 0 Å². The Hall–Kier alpha value is -3.07. The van der Waals surface area contributed by atoms with Crippen LogP contribution in [0.2, 0.25) is 10.0 Å². The van der Waals surface area contributed by atoms with E-state index in [2.05, 4.69) is 5.32 Å². The van der Waals surface area contributed by atoms with Gasteiger partial charge in [0.2, 0.25) is 21.8 Å². The maximum atomic E-state index is 13.9. The second-order valence-electron chi connectivity index (χ2n) is 10.1. The molecule has 2 atom stereocenters. The van der Waals surface area contributed by atoms with E-state index in [-0.39, 0.29) is 43.8 Å². The first-order chi connectivity index (χ1) is 19.5. The third-order valence-electron chi connectivity index (χ3n) is 6.76. The summed E-state index contributed by atoms with van der Waals surface area (Å²) in [5, 5.41) is 3.99. The van der Waals surface area contributed by atoms with Gasteiger partial charge in [-0.15, -0.1) is 0 Å². The molecule has 0 bridgehead atoms. The summed E-state index contributed by atoms with van der Waals surface area (Å²) in [6, 6.07) is 22.5. The van der Waals surface area contributed by atoms with Gasteiger partial charge in [0.05, 0.1) is 11.9 Å². The number of amides is 2. The molecule has 0 heterocycles. The Balaban J connectivity index is 1.89. The van der Waals surface area contributed by atoms with Crippen LogP contribution in [-0.2, 0) is 32.6 Å². The molecule has 41 heavy (non-hydrogen) atoms. The average molecular weight is 619 g/mol. The van der Waals surface area contributed by atoms with Gasteiger partial charge >= 0.3 is 0 Å². The van der Waals surface area contributed by atoms with E-state index in [1.165, 1.54) is 4.31 Å². The third-order valence-corrected chi connectivity index (χ3v) is 8.43. The first kappa shape index (κ1) is 32.4. The van der Waals surface area contributed by atoms with Crippen molar-refractivity contribution in [2.45, 2.75) is 58.2 Å². The highest BCUT2D eigenvalue weighted by molar-refractivity contribution is 7.92. The molecule has 3 aromatic rings. The van der Waals surface area contributed by atoms with E-state index in [4.69, 9.17) is 23.2 Å². The summed E-state index contributed by atoms with van der Waals surface area (Å²) < 4.78 is 26.4. The Bertz CT molecular complexity index is 1420. The molecule has 2 amide bonds. The number of sulfonamides is 1. The van der Waals surface area contributed by atoms with E-state index >= 15 is 0 Å². The van der Waals surface area contributed by atoms with Gasteiger partial charge in [-0.3, -0.25) is 13.9 Å². The van der Waals surface area contributed by atoms with Crippen LogP contribution in [0.1, 0.15) is 44.2 Å². The number of hydrogen-bond acceptors (Lipinski definition) is 4. The number of rotatable bonds is 14. The monoisotopic (exact) mass is 617 g/mol. The van der Waals surface area contributed by atoms with Crippen LogP contribution in [0.25, 0.3) is 0 Å². The second kappa shape index (κ2) is 15.2. The lowest BCUT2D eigenvalue weighted by atomic mass is 10.0. The standard InChI is InChI=1S/C31H37Cl2N3O4S/c1-4-23(2)34-31(38)29(20-24-11-6-5-7-12-24)35(22-25-13-8-14-26(32)19-25)30(37)17-10-18-36(41(3,39)40)28-16-9-15-27(33)21-28/h5-9,11-16,19,21,23,29H,4,10,17-18,20,22H2,1-3H3,(H,34,38)/t23-,29-/m1/s1. The molecule has 220 valence electrons. The van der Waals surface area contributed by atoms with Crippen molar-refractivity contribution >= 4 is 50.7 Å². The van der Waals surface area contributed by atoms with E-state index in [1.54, 1.807) is 47.4 Å². The SMILES string of the molecule is CC[C@@H](C)NC(=O)[C@@H](Cc1ccccc1)N(Cc1cccc(Cl)c1)C(=O)CCCN(c1cccc(Cl)c1)S(C)(=O)=O. The van der Waals surface area contributed by atoms with Gasteiger partial charge in [-0.2, -0.15) is 0 Å². The van der Waals surface area contributed by atoms with Crippen molar-refractivity contribution in [2.75, 3.05) is 17.1 Å². The van der Waals surface area contributed by atoms with Crippen LogP contribution in [0.15, 0.2) is 78.9 Å². The molecule has 0 aliphatic carbocycles. The van der Waals surface area contributed by atoms with Gasteiger partial charge in [0.25, 0.3) is 0 Å². The number of nitrogens with one attached hydrogen (secondary N) is 1. The highest BCUT2D eigenvalue weighted by atomic mass is 35.5. The molecule has 0 aliphatic rings. The second-order valence-corrected chi connectivity index (χ2v) is 12.9. The summed E-state index contributed by atoms with van der Waals surface area (Å²) in [6.45, 7) is 4.17. The van der Waals surface area contributed by atoms with Gasteiger partial charge in [0.15, 0.2) is 0 Å². The van der Waals surface area contributed by atoms with Crippen molar-refractivity contribution in [1.29, 1.82) is 0 Å². The average Bonchev–Trinajstić information content (AvgIpc) is 2.92. The Kier molecular flexibility index (Phi) is 12.1. The number of anilines is 1. The zero-order chi connectivity index (χ0) is 30.0. The third kappa shape index (κ3) is 10.1. The van der Waals surface area contributed by atoms with Crippen LogP contribution in [0, 0.1) is 0 Å². The number of halogens is 2. The number of benzene rings is 3. The first-order valence-corrected chi connectivity index (χ1v) is 16.2. The summed E-state index contributed by atoms with van der Waals surface area (Å²) in [5.41, 5.74) is 2.14. The van der Waals surface area contributed by atoms with Crippen molar-refractivity contribution in [1.82, 2.24) is 10.2 Å². The molecular weight excluding hydrogens is 581 g/mol. The topological polar surface area (TPSA) is 86.8 Å². The number of nitrogens with zero attached hydrogens (tertiary/aromatic N) is 2. The van der Waals surface area contributed by atoms with Crippen LogP contribution in [0.5, 0.6) is 0 Å². The molecule has 0 spiro atoms. The quantitative estimate of drug-likeness (QED) is 0.237. The maximum Gasteiger partial charge on any atom is 0.243 e. The van der Waals surface area contributed by atoms with Gasteiger partial charge < -0.3 is 10.2 Å². The molecule has 7 nitrogen and oxygen atoms in total. The molecule has 0 saturated heterocycles. The predicted molar refractivity (Wildman–Crippen MR) is 167 cm³/mol. The Morgan fingerprint density at radius 2 is 1.54 bits per heavy atom. The maximum absolute atomic E-state index is 13.9. The molecule has 0 fully saturated rings. The minimum absolute atomic E-state index is 0.0368. The van der Waals surface area contributed by atoms with Crippen molar-refractivity contribution < 1.29 is 18.0 Å². The molecule has 0 saturated carbocycles. The van der Waals surface area contributed by atoms with Crippen LogP contribution < -0.4 is 9.62 Å². The molecule has 10 heteroatoms. The number of hydrogen-bond donors (Lipinski definition) is 1. The molecule has 3 aromatic carbocycles. The lowest BCUT2D eigenvalue weighted by Gasteiger charge is -2.32. The largest absolute Gasteiger partial charge is 0.352 e. The lowest BCUT2D eigenvalue weighted by molar-refractivity contribution is -0.141. The Morgan fingerprint density at radius 3 is 2.15 bits per heavy atom. The minimum atomic E-state index is -3.62.